The zero-order chi connectivity index (χ0) is 12.4. The summed E-state index contributed by atoms with van der Waals surface area (Å²) >= 11 is 0.266. The Bertz CT molecular complexity index is 386. The van der Waals surface area contributed by atoms with Gasteiger partial charge in [0.15, 0.2) is 0 Å². The summed E-state index contributed by atoms with van der Waals surface area (Å²) in [7, 11) is 0. The van der Waals surface area contributed by atoms with Crippen LogP contribution in [0.3, 0.4) is 0 Å². The summed E-state index contributed by atoms with van der Waals surface area (Å²) in [6, 6.07) is 0. The van der Waals surface area contributed by atoms with Gasteiger partial charge < -0.3 is 0 Å². The van der Waals surface area contributed by atoms with Crippen molar-refractivity contribution in [3.8, 4) is 0 Å². The summed E-state index contributed by atoms with van der Waals surface area (Å²) in [5, 5.41) is 0. The zero-order valence-electron chi connectivity index (χ0n) is 12.1. The van der Waals surface area contributed by atoms with Crippen molar-refractivity contribution in [1.82, 2.24) is 0 Å². The van der Waals surface area contributed by atoms with Gasteiger partial charge in [0.1, 0.15) is 0 Å². The second-order valence-electron chi connectivity index (χ2n) is 5.44. The van der Waals surface area contributed by atoms with Crippen molar-refractivity contribution in [2.75, 3.05) is 0 Å². The van der Waals surface area contributed by atoms with Crippen LogP contribution >= 0.6 is 24.8 Å². The van der Waals surface area contributed by atoms with E-state index >= 15 is 0 Å². The Balaban J connectivity index is 0.00000162. The fourth-order valence-electron chi connectivity index (χ4n) is 2.46. The van der Waals surface area contributed by atoms with E-state index in [-0.39, 0.29) is 41.1 Å². The van der Waals surface area contributed by atoms with Gasteiger partial charge in [0.05, 0.1) is 0 Å². The summed E-state index contributed by atoms with van der Waals surface area (Å²) in [5.74, 6) is 1.38. The second kappa shape index (κ2) is 8.42. The summed E-state index contributed by atoms with van der Waals surface area (Å²) in [4.78, 5) is 0. The molecular formula is C16H24Cl2V. The van der Waals surface area contributed by atoms with E-state index in [1.807, 2.05) is 0 Å². The molecule has 0 spiro atoms. The quantitative estimate of drug-likeness (QED) is 0.621. The molecular weight excluding hydrogens is 314 g/mol. The van der Waals surface area contributed by atoms with E-state index in [0.29, 0.717) is 11.8 Å². The van der Waals surface area contributed by atoms with Gasteiger partial charge in [-0.3, -0.25) is 0 Å². The topological polar surface area (TPSA) is 0 Å². The minimum atomic E-state index is 0. The smallest absolute Gasteiger partial charge is 0.147 e. The summed E-state index contributed by atoms with van der Waals surface area (Å²) in [5.41, 5.74) is 3.24. The molecule has 3 heteroatoms. The van der Waals surface area contributed by atoms with Crippen molar-refractivity contribution in [3.63, 3.8) is 0 Å². The third-order valence-corrected chi connectivity index (χ3v) is 5.62. The van der Waals surface area contributed by atoms with Gasteiger partial charge in [-0.05, 0) is 0 Å². The normalized spacial score (nSPS) is 17.4. The van der Waals surface area contributed by atoms with E-state index in [1.165, 1.54) is 12.8 Å². The molecule has 0 saturated heterocycles. The van der Waals surface area contributed by atoms with E-state index < -0.39 is 0 Å². The summed E-state index contributed by atoms with van der Waals surface area (Å²) in [6.07, 6.45) is 11.8. The molecule has 2 aliphatic rings. The molecule has 0 nitrogen and oxygen atoms in total. The first-order valence-corrected chi connectivity index (χ1v) is 8.00. The van der Waals surface area contributed by atoms with Crippen LogP contribution in [-0.2, 0) is 16.3 Å². The molecule has 0 atom stereocenters. The van der Waals surface area contributed by atoms with Crippen LogP contribution in [0.5, 0.6) is 0 Å². The number of halogens is 2. The van der Waals surface area contributed by atoms with Crippen LogP contribution in [0.15, 0.2) is 44.0 Å². The standard InChI is InChI=1S/2C8H11.2ClH.V/c2*1-7(2)8-5-3-4-6-8;;;/h2*3,5,7H,4H2,1-2H3;2*1H;. The fourth-order valence-corrected chi connectivity index (χ4v) is 5.02. The zero-order valence-corrected chi connectivity index (χ0v) is 15.2. The SMILES string of the molecule is CC(C)C1=[C]([V][C]2=C(C(C)C)C=CC2)CC=C1.Cl.Cl. The van der Waals surface area contributed by atoms with Crippen LogP contribution in [0.2, 0.25) is 0 Å². The van der Waals surface area contributed by atoms with Crippen molar-refractivity contribution in [2.45, 2.75) is 40.5 Å². The predicted molar refractivity (Wildman–Crippen MR) is 85.7 cm³/mol. The molecule has 19 heavy (non-hydrogen) atoms. The maximum absolute atomic E-state index is 2.35. The van der Waals surface area contributed by atoms with Gasteiger partial charge in [0, 0.05) is 0 Å². The first-order valence-electron chi connectivity index (χ1n) is 6.60. The molecule has 0 fully saturated rings. The van der Waals surface area contributed by atoms with Gasteiger partial charge in [0.25, 0.3) is 0 Å². The van der Waals surface area contributed by atoms with Crippen molar-refractivity contribution in [2.24, 2.45) is 11.8 Å². The molecule has 0 aromatic carbocycles. The van der Waals surface area contributed by atoms with Gasteiger partial charge in [-0.2, -0.15) is 0 Å². The van der Waals surface area contributed by atoms with Crippen molar-refractivity contribution in [1.29, 1.82) is 0 Å². The number of hydrogen-bond donors (Lipinski definition) is 0. The maximum Gasteiger partial charge on any atom is -0.147 e. The molecule has 0 aromatic heterocycles. The van der Waals surface area contributed by atoms with Crippen molar-refractivity contribution >= 4 is 24.8 Å². The molecule has 0 bridgehead atoms. The first-order chi connectivity index (χ1) is 8.09. The molecule has 0 amide bonds. The van der Waals surface area contributed by atoms with Crippen LogP contribution in [-0.4, -0.2) is 0 Å². The number of hydrogen-bond acceptors (Lipinski definition) is 0. The fraction of sp³-hybridized carbons (Fsp3) is 0.500. The van der Waals surface area contributed by atoms with E-state index in [1.54, 1.807) is 19.7 Å². The molecule has 0 aliphatic heterocycles. The van der Waals surface area contributed by atoms with Crippen LogP contribution in [0.4, 0.5) is 0 Å². The van der Waals surface area contributed by atoms with Gasteiger partial charge >= 0.3 is 113 Å². The van der Waals surface area contributed by atoms with Crippen molar-refractivity contribution in [3.05, 3.63) is 44.0 Å². The van der Waals surface area contributed by atoms with E-state index in [4.69, 9.17) is 0 Å². The van der Waals surface area contributed by atoms with Gasteiger partial charge in [0.2, 0.25) is 0 Å². The molecule has 0 aromatic rings. The molecule has 0 radical (unpaired) electrons. The van der Waals surface area contributed by atoms with Crippen LogP contribution in [0.25, 0.3) is 0 Å². The molecule has 2 aliphatic carbocycles. The van der Waals surface area contributed by atoms with Gasteiger partial charge in [-0.1, -0.05) is 0 Å². The molecule has 0 N–H and O–H groups in total. The van der Waals surface area contributed by atoms with E-state index in [0.717, 1.165) is 0 Å². The van der Waals surface area contributed by atoms with E-state index in [2.05, 4.69) is 52.0 Å². The second-order valence-corrected chi connectivity index (χ2v) is 7.47. The molecule has 0 saturated carbocycles. The molecule has 2 rings (SSSR count). The Kier molecular flexibility index (Phi) is 8.47. The molecule has 0 unspecified atom stereocenters. The van der Waals surface area contributed by atoms with Crippen LogP contribution in [0, 0.1) is 11.8 Å². The third kappa shape index (κ3) is 4.57. The van der Waals surface area contributed by atoms with Gasteiger partial charge in [-0.15, -0.1) is 24.8 Å². The maximum atomic E-state index is 2.35. The number of rotatable bonds is 4. The minimum Gasteiger partial charge on any atom is -0.147 e. The Morgan fingerprint density at radius 1 is 0.789 bits per heavy atom. The Morgan fingerprint density at radius 2 is 1.16 bits per heavy atom. The molecule has 0 heterocycles. The predicted octanol–water partition coefficient (Wildman–Crippen LogP) is 5.65. The average Bonchev–Trinajstić information content (AvgIpc) is 2.86. The third-order valence-electron chi connectivity index (χ3n) is 3.40. The van der Waals surface area contributed by atoms with E-state index in [9.17, 15) is 0 Å². The van der Waals surface area contributed by atoms with Crippen molar-refractivity contribution < 1.29 is 16.3 Å². The van der Waals surface area contributed by atoms with Crippen LogP contribution < -0.4 is 0 Å². The minimum absolute atomic E-state index is 0. The van der Waals surface area contributed by atoms with Gasteiger partial charge in [-0.25, -0.2) is 0 Å². The summed E-state index contributed by atoms with van der Waals surface area (Å²) in [6.45, 7) is 9.26. The number of allylic oxidation sites excluding steroid dienone is 8. The first kappa shape index (κ1) is 19.1. The Labute approximate surface area is 137 Å². The monoisotopic (exact) mass is 337 g/mol. The summed E-state index contributed by atoms with van der Waals surface area (Å²) < 4.78 is 3.49. The molecule has 107 valence electrons. The Hall–Kier alpha value is 0.124. The largest absolute Gasteiger partial charge is 0.147 e. The Morgan fingerprint density at radius 3 is 1.47 bits per heavy atom. The average molecular weight is 338 g/mol. The van der Waals surface area contributed by atoms with Crippen LogP contribution in [0.1, 0.15) is 40.5 Å².